The van der Waals surface area contributed by atoms with E-state index in [4.69, 9.17) is 9.47 Å². The van der Waals surface area contributed by atoms with Gasteiger partial charge in [-0.25, -0.2) is 4.98 Å². The summed E-state index contributed by atoms with van der Waals surface area (Å²) in [6, 6.07) is 6.75. The third kappa shape index (κ3) is 6.39. The maximum absolute atomic E-state index is 14.2. The number of aryl methyl sites for hydroxylation is 1. The summed E-state index contributed by atoms with van der Waals surface area (Å²) in [4.78, 5) is 16.8. The van der Waals surface area contributed by atoms with Crippen LogP contribution in [-0.4, -0.2) is 69.9 Å². The van der Waals surface area contributed by atoms with Crippen LogP contribution in [0.25, 0.3) is 22.2 Å². The predicted molar refractivity (Wildman–Crippen MR) is 169 cm³/mol. The molecule has 0 aliphatic carbocycles. The first-order valence-corrected chi connectivity index (χ1v) is 16.8. The van der Waals surface area contributed by atoms with Crippen molar-refractivity contribution < 1.29 is 27.2 Å². The van der Waals surface area contributed by atoms with Crippen molar-refractivity contribution in [1.82, 2.24) is 35.0 Å². The molecule has 1 fully saturated rings. The Morgan fingerprint density at radius 2 is 1.89 bits per heavy atom. The molecule has 2 aromatic carbocycles. The Morgan fingerprint density at radius 3 is 2.57 bits per heavy atom. The average molecular weight is 654 g/mol. The van der Waals surface area contributed by atoms with Gasteiger partial charge >= 0.3 is 6.18 Å². The smallest absolute Gasteiger partial charge is 0.421 e. The number of alkyl halides is 3. The van der Waals surface area contributed by atoms with E-state index in [0.29, 0.717) is 41.8 Å². The number of morpholine rings is 1. The highest BCUT2D eigenvalue weighted by atomic mass is 31.2. The largest absolute Gasteiger partial charge is 0.495 e. The van der Waals surface area contributed by atoms with Crippen molar-refractivity contribution in [2.75, 3.05) is 50.8 Å². The Hall–Kier alpha value is -4.59. The molecule has 46 heavy (non-hydrogen) atoms. The molecule has 0 bridgehead atoms. The Kier molecular flexibility index (Phi) is 8.40. The zero-order valence-electron chi connectivity index (χ0n) is 25.4. The van der Waals surface area contributed by atoms with E-state index < -0.39 is 24.7 Å². The number of benzene rings is 2. The van der Waals surface area contributed by atoms with Gasteiger partial charge in [0, 0.05) is 50.5 Å². The van der Waals surface area contributed by atoms with Crippen molar-refractivity contribution >= 4 is 46.6 Å². The predicted octanol–water partition coefficient (Wildman–Crippen LogP) is 5.24. The number of halogens is 3. The van der Waals surface area contributed by atoms with Crippen molar-refractivity contribution in [1.29, 1.82) is 0 Å². The van der Waals surface area contributed by atoms with Crippen LogP contribution in [-0.2, 0) is 22.5 Å². The molecule has 12 nitrogen and oxygen atoms in total. The van der Waals surface area contributed by atoms with E-state index in [1.54, 1.807) is 24.0 Å². The SMILES string of the molecule is COc1cc(C2CNCCO2)c(-c2cnn(C)c2)cc1Nc1ncc(C(F)(F)F)c(Nc2ccc3nccnc3c2P(C)(C)=O)n1. The van der Waals surface area contributed by atoms with Gasteiger partial charge in [0.25, 0.3) is 0 Å². The number of rotatable bonds is 8. The standard InChI is InChI=1S/C30H31F3N9O3P/c1-42-16-17(13-38-42)18-11-23(24(44-2)12-19(18)25-15-34-9-10-45-25)40-29-37-14-20(30(31,32)33)28(41-29)39-22-6-5-21-26(36-8-7-35-21)27(22)46(3,4)43/h5-8,11-14,16,25,34H,9-10,15H2,1-4H3,(H2,37,39,40,41). The molecule has 3 aromatic heterocycles. The molecule has 16 heteroatoms. The fraction of sp³-hybridized carbons (Fsp3) is 0.300. The summed E-state index contributed by atoms with van der Waals surface area (Å²) in [5, 5.41) is 13.7. The summed E-state index contributed by atoms with van der Waals surface area (Å²) in [6.45, 7) is 4.89. The molecule has 1 unspecified atom stereocenters. The summed E-state index contributed by atoms with van der Waals surface area (Å²) >= 11 is 0. The van der Waals surface area contributed by atoms with E-state index in [9.17, 15) is 17.7 Å². The molecule has 240 valence electrons. The lowest BCUT2D eigenvalue weighted by Crippen LogP contribution is -2.33. The summed E-state index contributed by atoms with van der Waals surface area (Å²) in [5.41, 5.74) is 2.71. The summed E-state index contributed by atoms with van der Waals surface area (Å²) in [7, 11) is 0.232. The van der Waals surface area contributed by atoms with Crippen molar-refractivity contribution in [3.05, 3.63) is 66.4 Å². The van der Waals surface area contributed by atoms with Crippen LogP contribution in [0.15, 0.2) is 55.2 Å². The van der Waals surface area contributed by atoms with Gasteiger partial charge in [0.15, 0.2) is 0 Å². The third-order valence-corrected chi connectivity index (χ3v) is 8.94. The van der Waals surface area contributed by atoms with E-state index in [2.05, 4.69) is 41.0 Å². The van der Waals surface area contributed by atoms with Crippen LogP contribution >= 0.6 is 7.14 Å². The molecular weight excluding hydrogens is 622 g/mol. The number of methoxy groups -OCH3 is 1. The molecule has 1 saturated heterocycles. The summed E-state index contributed by atoms with van der Waals surface area (Å²) in [6.07, 6.45) is 2.13. The van der Waals surface area contributed by atoms with Crippen molar-refractivity contribution in [3.63, 3.8) is 0 Å². The van der Waals surface area contributed by atoms with Crippen molar-refractivity contribution in [2.24, 2.45) is 7.05 Å². The Labute approximate surface area is 262 Å². The summed E-state index contributed by atoms with van der Waals surface area (Å²) in [5.74, 6) is -0.261. The topological polar surface area (TPSA) is 141 Å². The minimum absolute atomic E-state index is 0.132. The Bertz CT molecular complexity index is 1960. The zero-order chi connectivity index (χ0) is 32.6. The van der Waals surface area contributed by atoms with Crippen molar-refractivity contribution in [3.8, 4) is 16.9 Å². The van der Waals surface area contributed by atoms with Crippen LogP contribution in [0, 0.1) is 0 Å². The molecule has 1 atom stereocenters. The number of ether oxygens (including phenoxy) is 2. The van der Waals surface area contributed by atoms with Gasteiger partial charge in [0.2, 0.25) is 5.95 Å². The van der Waals surface area contributed by atoms with Gasteiger partial charge in [0.05, 0.1) is 48.2 Å². The first-order valence-electron chi connectivity index (χ1n) is 14.2. The van der Waals surface area contributed by atoms with Crippen LogP contribution < -0.4 is 26.0 Å². The second kappa shape index (κ2) is 12.3. The van der Waals surface area contributed by atoms with Crippen LogP contribution in [0.2, 0.25) is 0 Å². The highest BCUT2D eigenvalue weighted by Gasteiger charge is 2.36. The second-order valence-corrected chi connectivity index (χ2v) is 14.2. The van der Waals surface area contributed by atoms with Gasteiger partial charge in [-0.2, -0.15) is 23.3 Å². The first-order chi connectivity index (χ1) is 21.9. The van der Waals surface area contributed by atoms with Crippen LogP contribution in [0.1, 0.15) is 17.2 Å². The fourth-order valence-corrected chi connectivity index (χ4v) is 6.76. The van der Waals surface area contributed by atoms with Gasteiger partial charge in [-0.15, -0.1) is 0 Å². The lowest BCUT2D eigenvalue weighted by atomic mass is 9.96. The van der Waals surface area contributed by atoms with Crippen LogP contribution in [0.5, 0.6) is 5.75 Å². The zero-order valence-corrected chi connectivity index (χ0v) is 26.3. The lowest BCUT2D eigenvalue weighted by molar-refractivity contribution is -0.137. The van der Waals surface area contributed by atoms with Gasteiger partial charge in [-0.1, -0.05) is 0 Å². The highest BCUT2D eigenvalue weighted by Crippen LogP contribution is 2.43. The summed E-state index contributed by atoms with van der Waals surface area (Å²) < 4.78 is 69.4. The van der Waals surface area contributed by atoms with E-state index in [1.165, 1.54) is 38.9 Å². The van der Waals surface area contributed by atoms with E-state index in [1.807, 2.05) is 18.3 Å². The van der Waals surface area contributed by atoms with E-state index in [-0.39, 0.29) is 23.0 Å². The van der Waals surface area contributed by atoms with E-state index >= 15 is 0 Å². The lowest BCUT2D eigenvalue weighted by Gasteiger charge is -2.27. The van der Waals surface area contributed by atoms with Gasteiger partial charge in [-0.05, 0) is 48.7 Å². The molecule has 0 radical (unpaired) electrons. The molecule has 6 rings (SSSR count). The van der Waals surface area contributed by atoms with Gasteiger partial charge in [0.1, 0.15) is 29.8 Å². The fourth-order valence-electron chi connectivity index (χ4n) is 5.36. The molecule has 4 heterocycles. The van der Waals surface area contributed by atoms with Crippen molar-refractivity contribution in [2.45, 2.75) is 12.3 Å². The monoisotopic (exact) mass is 653 g/mol. The molecular formula is C30H31F3N9O3P. The minimum atomic E-state index is -4.79. The number of anilines is 4. The van der Waals surface area contributed by atoms with Gasteiger partial charge in [-0.3, -0.25) is 14.6 Å². The van der Waals surface area contributed by atoms with Crippen LogP contribution in [0.4, 0.5) is 36.3 Å². The Morgan fingerprint density at radius 1 is 1.09 bits per heavy atom. The molecule has 5 aromatic rings. The van der Waals surface area contributed by atoms with Gasteiger partial charge < -0.3 is 30.0 Å². The number of nitrogens with one attached hydrogen (secondary N) is 3. The minimum Gasteiger partial charge on any atom is -0.495 e. The molecule has 1 aliphatic rings. The molecule has 0 amide bonds. The average Bonchev–Trinajstić information content (AvgIpc) is 3.46. The normalized spacial score (nSPS) is 15.6. The molecule has 0 saturated carbocycles. The maximum Gasteiger partial charge on any atom is 0.421 e. The molecule has 0 spiro atoms. The molecule has 1 aliphatic heterocycles. The first kappa shape index (κ1) is 31.4. The maximum atomic E-state index is 14.2. The quantitative estimate of drug-likeness (QED) is 0.189. The number of fused-ring (bicyclic) bond motifs is 1. The van der Waals surface area contributed by atoms with Crippen LogP contribution in [0.3, 0.4) is 0 Å². The Balaban J connectivity index is 1.44. The third-order valence-electron chi connectivity index (χ3n) is 7.41. The number of hydrogen-bond donors (Lipinski definition) is 3. The highest BCUT2D eigenvalue weighted by molar-refractivity contribution is 7.71. The number of hydrogen-bond acceptors (Lipinski definition) is 11. The number of aromatic nitrogens is 6. The number of nitrogens with zero attached hydrogens (tertiary/aromatic N) is 6. The van der Waals surface area contributed by atoms with E-state index in [0.717, 1.165) is 23.2 Å². The second-order valence-electron chi connectivity index (χ2n) is 11.0. The molecule has 3 N–H and O–H groups in total.